The molecule has 6 heteroatoms. The monoisotopic (exact) mass is 258 g/mol. The zero-order chi connectivity index (χ0) is 13.8. The van der Waals surface area contributed by atoms with Crippen molar-refractivity contribution < 1.29 is 19.8 Å². The van der Waals surface area contributed by atoms with E-state index in [4.69, 9.17) is 10.2 Å². The van der Waals surface area contributed by atoms with Gasteiger partial charge in [-0.2, -0.15) is 0 Å². The fraction of sp³-hybridized carbons (Fsp3) is 0.833. The van der Waals surface area contributed by atoms with Crippen LogP contribution in [-0.4, -0.2) is 72.2 Å². The first-order valence-electron chi connectivity index (χ1n) is 6.22. The third kappa shape index (κ3) is 3.43. The molecule has 1 saturated heterocycles. The molecule has 0 aromatic heterocycles. The summed E-state index contributed by atoms with van der Waals surface area (Å²) in [6.45, 7) is 2.98. The largest absolute Gasteiger partial charge is 0.480 e. The van der Waals surface area contributed by atoms with Gasteiger partial charge in [-0.1, -0.05) is 0 Å². The smallest absolute Gasteiger partial charge is 0.321 e. The van der Waals surface area contributed by atoms with Crippen molar-refractivity contribution in [2.45, 2.75) is 19.3 Å². The maximum absolute atomic E-state index is 11.1. The van der Waals surface area contributed by atoms with E-state index < -0.39 is 17.4 Å². The van der Waals surface area contributed by atoms with Crippen molar-refractivity contribution in [3.05, 3.63) is 0 Å². The van der Waals surface area contributed by atoms with Crippen molar-refractivity contribution in [2.75, 3.05) is 40.3 Å². The lowest BCUT2D eigenvalue weighted by Crippen LogP contribution is -2.49. The van der Waals surface area contributed by atoms with Crippen LogP contribution in [0.5, 0.6) is 0 Å². The van der Waals surface area contributed by atoms with Gasteiger partial charge in [-0.3, -0.25) is 9.59 Å². The SMILES string of the molecule is CN(C)CCCN1CCC(C(=O)O)(C(=O)O)CC1. The Bertz CT molecular complexity index is 293. The Balaban J connectivity index is 2.44. The predicted molar refractivity (Wildman–Crippen MR) is 66.5 cm³/mol. The fourth-order valence-corrected chi connectivity index (χ4v) is 2.29. The Kier molecular flexibility index (Phi) is 5.10. The van der Waals surface area contributed by atoms with Gasteiger partial charge in [-0.25, -0.2) is 0 Å². The van der Waals surface area contributed by atoms with E-state index in [0.29, 0.717) is 13.1 Å². The molecule has 0 bridgehead atoms. The van der Waals surface area contributed by atoms with Gasteiger partial charge in [0.15, 0.2) is 5.41 Å². The molecule has 6 nitrogen and oxygen atoms in total. The standard InChI is InChI=1S/C12H22N2O4/c1-13(2)6-3-7-14-8-4-12(5-9-14,10(15)16)11(17)18/h3-9H2,1-2H3,(H,15,16)(H,17,18). The summed E-state index contributed by atoms with van der Waals surface area (Å²) in [4.78, 5) is 26.5. The van der Waals surface area contributed by atoms with Crippen molar-refractivity contribution in [3.63, 3.8) is 0 Å². The second-order valence-corrected chi connectivity index (χ2v) is 5.19. The van der Waals surface area contributed by atoms with Crippen LogP contribution in [-0.2, 0) is 9.59 Å². The number of hydrogen-bond donors (Lipinski definition) is 2. The number of nitrogens with zero attached hydrogens (tertiary/aromatic N) is 2. The number of aliphatic carboxylic acids is 2. The van der Waals surface area contributed by atoms with Crippen LogP contribution in [0.2, 0.25) is 0 Å². The average molecular weight is 258 g/mol. The van der Waals surface area contributed by atoms with Crippen LogP contribution < -0.4 is 0 Å². The molecule has 2 N–H and O–H groups in total. The van der Waals surface area contributed by atoms with Crippen LogP contribution in [0.25, 0.3) is 0 Å². The maximum Gasteiger partial charge on any atom is 0.321 e. The summed E-state index contributed by atoms with van der Waals surface area (Å²) >= 11 is 0. The first kappa shape index (κ1) is 14.9. The number of carboxylic acids is 2. The topological polar surface area (TPSA) is 81.1 Å². The number of carbonyl (C=O) groups is 2. The lowest BCUT2D eigenvalue weighted by atomic mass is 9.78. The highest BCUT2D eigenvalue weighted by atomic mass is 16.4. The van der Waals surface area contributed by atoms with Crippen molar-refractivity contribution in [2.24, 2.45) is 5.41 Å². The average Bonchev–Trinajstić information content (AvgIpc) is 2.28. The summed E-state index contributed by atoms with van der Waals surface area (Å²) in [6, 6.07) is 0. The summed E-state index contributed by atoms with van der Waals surface area (Å²) in [5.74, 6) is -2.41. The molecule has 1 heterocycles. The Morgan fingerprint density at radius 1 is 1.17 bits per heavy atom. The Labute approximate surface area is 107 Å². The number of hydrogen-bond acceptors (Lipinski definition) is 4. The molecule has 18 heavy (non-hydrogen) atoms. The van der Waals surface area contributed by atoms with Gasteiger partial charge in [0.25, 0.3) is 0 Å². The number of carboxylic acid groups (broad SMARTS) is 2. The van der Waals surface area contributed by atoms with E-state index in [9.17, 15) is 9.59 Å². The van der Waals surface area contributed by atoms with Crippen LogP contribution in [0.1, 0.15) is 19.3 Å². The predicted octanol–water partition coefficient (Wildman–Crippen LogP) is 0.190. The van der Waals surface area contributed by atoms with E-state index in [1.807, 2.05) is 14.1 Å². The minimum atomic E-state index is -1.57. The summed E-state index contributed by atoms with van der Waals surface area (Å²) in [7, 11) is 4.02. The van der Waals surface area contributed by atoms with Crippen LogP contribution in [0, 0.1) is 5.41 Å². The summed E-state index contributed by atoms with van der Waals surface area (Å²) in [6.07, 6.45) is 1.40. The molecule has 1 aliphatic rings. The summed E-state index contributed by atoms with van der Waals surface area (Å²) in [5, 5.41) is 18.2. The van der Waals surface area contributed by atoms with Gasteiger partial charge in [0.2, 0.25) is 0 Å². The minimum absolute atomic E-state index is 0.194. The zero-order valence-corrected chi connectivity index (χ0v) is 11.1. The van der Waals surface area contributed by atoms with Gasteiger partial charge in [0, 0.05) is 0 Å². The van der Waals surface area contributed by atoms with E-state index >= 15 is 0 Å². The van der Waals surface area contributed by atoms with Crippen LogP contribution in [0.15, 0.2) is 0 Å². The van der Waals surface area contributed by atoms with E-state index in [1.165, 1.54) is 0 Å². The van der Waals surface area contributed by atoms with Gasteiger partial charge in [-0.15, -0.1) is 0 Å². The molecule has 0 aliphatic carbocycles. The van der Waals surface area contributed by atoms with Crippen LogP contribution in [0.4, 0.5) is 0 Å². The zero-order valence-electron chi connectivity index (χ0n) is 11.1. The van der Waals surface area contributed by atoms with Gasteiger partial charge < -0.3 is 20.0 Å². The normalized spacial score (nSPS) is 19.9. The highest BCUT2D eigenvalue weighted by molar-refractivity contribution is 5.98. The van der Waals surface area contributed by atoms with E-state index in [-0.39, 0.29) is 12.8 Å². The molecule has 0 amide bonds. The van der Waals surface area contributed by atoms with Gasteiger partial charge in [0.1, 0.15) is 0 Å². The first-order valence-corrected chi connectivity index (χ1v) is 6.22. The third-order valence-corrected chi connectivity index (χ3v) is 3.61. The molecule has 0 aromatic carbocycles. The molecule has 0 radical (unpaired) electrons. The lowest BCUT2D eigenvalue weighted by Gasteiger charge is -2.36. The summed E-state index contributed by atoms with van der Waals surface area (Å²) < 4.78 is 0. The second kappa shape index (κ2) is 6.15. The van der Waals surface area contributed by atoms with Gasteiger partial charge in [-0.05, 0) is 59.5 Å². The number of piperidine rings is 1. The van der Waals surface area contributed by atoms with E-state index in [1.54, 1.807) is 0 Å². The number of likely N-dealkylation sites (tertiary alicyclic amines) is 1. The quantitative estimate of drug-likeness (QED) is 0.662. The third-order valence-electron chi connectivity index (χ3n) is 3.61. The maximum atomic E-state index is 11.1. The molecule has 1 rings (SSSR count). The molecule has 0 spiro atoms. The molecule has 1 aliphatic heterocycles. The highest BCUT2D eigenvalue weighted by Crippen LogP contribution is 2.32. The molecule has 1 fully saturated rings. The molecular weight excluding hydrogens is 236 g/mol. The van der Waals surface area contributed by atoms with E-state index in [0.717, 1.165) is 19.5 Å². The Morgan fingerprint density at radius 2 is 1.67 bits per heavy atom. The summed E-state index contributed by atoms with van der Waals surface area (Å²) in [5.41, 5.74) is -1.57. The van der Waals surface area contributed by atoms with Crippen LogP contribution in [0.3, 0.4) is 0 Å². The first-order chi connectivity index (χ1) is 8.38. The van der Waals surface area contributed by atoms with Crippen molar-refractivity contribution in [1.82, 2.24) is 9.80 Å². The van der Waals surface area contributed by atoms with Crippen molar-refractivity contribution >= 4 is 11.9 Å². The Hall–Kier alpha value is -1.14. The minimum Gasteiger partial charge on any atom is -0.480 e. The van der Waals surface area contributed by atoms with Crippen molar-refractivity contribution in [3.8, 4) is 0 Å². The molecule has 0 atom stereocenters. The lowest BCUT2D eigenvalue weighted by molar-refractivity contribution is -0.168. The second-order valence-electron chi connectivity index (χ2n) is 5.19. The van der Waals surface area contributed by atoms with Crippen molar-refractivity contribution in [1.29, 1.82) is 0 Å². The Morgan fingerprint density at radius 3 is 2.06 bits per heavy atom. The molecule has 0 saturated carbocycles. The fourth-order valence-electron chi connectivity index (χ4n) is 2.29. The van der Waals surface area contributed by atoms with Gasteiger partial charge in [0.05, 0.1) is 0 Å². The molecular formula is C12H22N2O4. The molecule has 0 aromatic rings. The number of rotatable bonds is 6. The highest BCUT2D eigenvalue weighted by Gasteiger charge is 2.48. The van der Waals surface area contributed by atoms with Crippen LogP contribution >= 0.6 is 0 Å². The van der Waals surface area contributed by atoms with E-state index in [2.05, 4.69) is 9.80 Å². The molecule has 0 unspecified atom stereocenters. The van der Waals surface area contributed by atoms with Gasteiger partial charge >= 0.3 is 11.9 Å². The molecule has 104 valence electrons.